The number of aryl methyl sites for hydroxylation is 1. The molecule has 116 valence electrons. The van der Waals surface area contributed by atoms with Crippen LogP contribution in [-0.2, 0) is 6.54 Å². The first-order valence-electron chi connectivity index (χ1n) is 7.41. The van der Waals surface area contributed by atoms with Gasteiger partial charge in [-0.15, -0.1) is 0 Å². The second-order valence-electron chi connectivity index (χ2n) is 5.41. The predicted octanol–water partition coefficient (Wildman–Crippen LogP) is 5.29. The molecule has 0 aliphatic carbocycles. The lowest BCUT2D eigenvalue weighted by atomic mass is 10.0. The number of fused-ring (bicyclic) bond motifs is 1. The van der Waals surface area contributed by atoms with Crippen LogP contribution in [0.25, 0.3) is 10.8 Å². The van der Waals surface area contributed by atoms with Gasteiger partial charge in [0.1, 0.15) is 0 Å². The van der Waals surface area contributed by atoms with Gasteiger partial charge in [0.25, 0.3) is 0 Å². The van der Waals surface area contributed by atoms with E-state index in [0.29, 0.717) is 11.7 Å². The Hall–Kier alpha value is -2.10. The fourth-order valence-corrected chi connectivity index (χ4v) is 2.96. The molecule has 0 saturated carbocycles. The molecule has 0 heterocycles. The third-order valence-corrected chi connectivity index (χ3v) is 4.24. The number of hydrogen-bond acceptors (Lipinski definition) is 1. The number of benzene rings is 3. The van der Waals surface area contributed by atoms with Crippen LogP contribution in [0.2, 0.25) is 5.02 Å². The van der Waals surface area contributed by atoms with Crippen molar-refractivity contribution < 1.29 is 0 Å². The van der Waals surface area contributed by atoms with Gasteiger partial charge in [-0.25, -0.2) is 0 Å². The third-order valence-electron chi connectivity index (χ3n) is 3.76. The molecule has 0 bridgehead atoms. The molecule has 0 amide bonds. The summed E-state index contributed by atoms with van der Waals surface area (Å²) in [5, 5.41) is 10.3. The minimum atomic E-state index is 0.600. The molecular formula is C19H17ClN2S. The minimum Gasteiger partial charge on any atom is -0.358 e. The first kappa shape index (κ1) is 15.8. The molecule has 23 heavy (non-hydrogen) atoms. The smallest absolute Gasteiger partial charge is 0.171 e. The molecule has 4 heteroatoms. The van der Waals surface area contributed by atoms with E-state index in [1.54, 1.807) is 0 Å². The van der Waals surface area contributed by atoms with Gasteiger partial charge in [0.05, 0.1) is 0 Å². The normalized spacial score (nSPS) is 10.5. The molecule has 3 aromatic rings. The van der Waals surface area contributed by atoms with Crippen molar-refractivity contribution in [3.8, 4) is 0 Å². The van der Waals surface area contributed by atoms with Crippen LogP contribution in [-0.4, -0.2) is 5.11 Å². The SMILES string of the molecule is Cc1cc(Cl)ccc1NC(=S)NCc1cccc2ccccc12. The Balaban J connectivity index is 1.69. The van der Waals surface area contributed by atoms with Crippen LogP contribution in [0.15, 0.2) is 60.7 Å². The maximum atomic E-state index is 5.97. The molecule has 0 spiro atoms. The van der Waals surface area contributed by atoms with Crippen molar-refractivity contribution in [3.05, 3.63) is 76.8 Å². The molecule has 0 saturated heterocycles. The van der Waals surface area contributed by atoms with E-state index in [4.69, 9.17) is 23.8 Å². The quantitative estimate of drug-likeness (QED) is 0.633. The molecule has 0 aromatic heterocycles. The van der Waals surface area contributed by atoms with Crippen LogP contribution in [0.5, 0.6) is 0 Å². The second kappa shape index (κ2) is 6.99. The Kier molecular flexibility index (Phi) is 4.79. The Morgan fingerprint density at radius 1 is 1.04 bits per heavy atom. The Morgan fingerprint density at radius 3 is 2.65 bits per heavy atom. The Labute approximate surface area is 146 Å². The summed E-state index contributed by atoms with van der Waals surface area (Å²) in [5.74, 6) is 0. The van der Waals surface area contributed by atoms with E-state index < -0.39 is 0 Å². The van der Waals surface area contributed by atoms with Crippen molar-refractivity contribution in [2.45, 2.75) is 13.5 Å². The van der Waals surface area contributed by atoms with Crippen molar-refractivity contribution >= 4 is 45.4 Å². The molecular weight excluding hydrogens is 324 g/mol. The van der Waals surface area contributed by atoms with Crippen molar-refractivity contribution in [1.29, 1.82) is 0 Å². The average Bonchev–Trinajstić information content (AvgIpc) is 2.55. The average molecular weight is 341 g/mol. The highest BCUT2D eigenvalue weighted by molar-refractivity contribution is 7.80. The van der Waals surface area contributed by atoms with Crippen molar-refractivity contribution in [2.24, 2.45) is 0 Å². The summed E-state index contributed by atoms with van der Waals surface area (Å²) in [7, 11) is 0. The maximum absolute atomic E-state index is 5.97. The molecule has 3 aromatic carbocycles. The molecule has 0 fully saturated rings. The van der Waals surface area contributed by atoms with Crippen molar-refractivity contribution in [2.75, 3.05) is 5.32 Å². The zero-order valence-corrected chi connectivity index (χ0v) is 14.3. The molecule has 0 atom stereocenters. The van der Waals surface area contributed by atoms with Crippen LogP contribution < -0.4 is 10.6 Å². The number of thiocarbonyl (C=S) groups is 1. The highest BCUT2D eigenvalue weighted by Gasteiger charge is 2.04. The van der Waals surface area contributed by atoms with Gasteiger partial charge in [-0.2, -0.15) is 0 Å². The summed E-state index contributed by atoms with van der Waals surface area (Å²) in [4.78, 5) is 0. The molecule has 3 rings (SSSR count). The van der Waals surface area contributed by atoms with Crippen LogP contribution in [0.3, 0.4) is 0 Å². The Bertz CT molecular complexity index is 856. The summed E-state index contributed by atoms with van der Waals surface area (Å²) in [6, 6.07) is 20.4. The van der Waals surface area contributed by atoms with Gasteiger partial charge >= 0.3 is 0 Å². The van der Waals surface area contributed by atoms with E-state index >= 15 is 0 Å². The van der Waals surface area contributed by atoms with Gasteiger partial charge < -0.3 is 10.6 Å². The summed E-state index contributed by atoms with van der Waals surface area (Å²) < 4.78 is 0. The van der Waals surface area contributed by atoms with E-state index in [9.17, 15) is 0 Å². The largest absolute Gasteiger partial charge is 0.358 e. The van der Waals surface area contributed by atoms with E-state index in [1.165, 1.54) is 16.3 Å². The van der Waals surface area contributed by atoms with Gasteiger partial charge in [0, 0.05) is 17.3 Å². The highest BCUT2D eigenvalue weighted by atomic mass is 35.5. The number of nitrogens with one attached hydrogen (secondary N) is 2. The zero-order valence-electron chi connectivity index (χ0n) is 12.8. The lowest BCUT2D eigenvalue weighted by Gasteiger charge is -2.13. The van der Waals surface area contributed by atoms with Crippen LogP contribution in [0, 0.1) is 6.92 Å². The molecule has 0 radical (unpaired) electrons. The minimum absolute atomic E-state index is 0.600. The fourth-order valence-electron chi connectivity index (χ4n) is 2.56. The van der Waals surface area contributed by atoms with Gasteiger partial charge in [0.2, 0.25) is 0 Å². The highest BCUT2D eigenvalue weighted by Crippen LogP contribution is 2.20. The first-order valence-corrected chi connectivity index (χ1v) is 8.20. The summed E-state index contributed by atoms with van der Waals surface area (Å²) >= 11 is 11.4. The van der Waals surface area contributed by atoms with Gasteiger partial charge in [-0.3, -0.25) is 0 Å². The lowest BCUT2D eigenvalue weighted by Crippen LogP contribution is -2.28. The molecule has 2 N–H and O–H groups in total. The van der Waals surface area contributed by atoms with Gasteiger partial charge in [0.15, 0.2) is 5.11 Å². The zero-order chi connectivity index (χ0) is 16.2. The number of anilines is 1. The van der Waals surface area contributed by atoms with Crippen LogP contribution >= 0.6 is 23.8 Å². The third kappa shape index (κ3) is 3.81. The lowest BCUT2D eigenvalue weighted by molar-refractivity contribution is 0.934. The van der Waals surface area contributed by atoms with Crippen LogP contribution in [0.1, 0.15) is 11.1 Å². The first-order chi connectivity index (χ1) is 11.1. The maximum Gasteiger partial charge on any atom is 0.171 e. The Morgan fingerprint density at radius 2 is 1.83 bits per heavy atom. The van der Waals surface area contributed by atoms with Crippen LogP contribution in [0.4, 0.5) is 5.69 Å². The summed E-state index contributed by atoms with van der Waals surface area (Å²) in [6.07, 6.45) is 0. The van der Waals surface area contributed by atoms with E-state index in [1.807, 2.05) is 25.1 Å². The predicted molar refractivity (Wildman–Crippen MR) is 103 cm³/mol. The summed E-state index contributed by atoms with van der Waals surface area (Å²) in [6.45, 7) is 2.68. The molecule has 0 aliphatic heterocycles. The molecule has 0 unspecified atom stereocenters. The van der Waals surface area contributed by atoms with E-state index in [0.717, 1.165) is 16.3 Å². The summed E-state index contributed by atoms with van der Waals surface area (Å²) in [5.41, 5.74) is 3.25. The topological polar surface area (TPSA) is 24.1 Å². The monoisotopic (exact) mass is 340 g/mol. The van der Waals surface area contributed by atoms with Gasteiger partial charge in [-0.1, -0.05) is 54.1 Å². The van der Waals surface area contributed by atoms with E-state index in [-0.39, 0.29) is 0 Å². The number of hydrogen-bond donors (Lipinski definition) is 2. The fraction of sp³-hybridized carbons (Fsp3) is 0.105. The molecule has 0 aliphatic rings. The number of halogens is 1. The van der Waals surface area contributed by atoms with Gasteiger partial charge in [-0.05, 0) is 59.2 Å². The number of rotatable bonds is 3. The van der Waals surface area contributed by atoms with Crippen molar-refractivity contribution in [1.82, 2.24) is 5.32 Å². The second-order valence-corrected chi connectivity index (χ2v) is 6.25. The molecule has 2 nitrogen and oxygen atoms in total. The standard InChI is InChI=1S/C19H17ClN2S/c1-13-11-16(20)9-10-18(13)22-19(23)21-12-15-7-4-6-14-5-2-3-8-17(14)15/h2-11H,12H2,1H3,(H2,21,22,23). The van der Waals surface area contributed by atoms with E-state index in [2.05, 4.69) is 53.1 Å². The van der Waals surface area contributed by atoms with Crippen molar-refractivity contribution in [3.63, 3.8) is 0 Å².